The molecule has 0 spiro atoms. The summed E-state index contributed by atoms with van der Waals surface area (Å²) >= 11 is 0. The lowest BCUT2D eigenvalue weighted by atomic mass is 10.2. The molecule has 7 heteroatoms. The summed E-state index contributed by atoms with van der Waals surface area (Å²) in [5.74, 6) is 1.79. The number of para-hydroxylation sites is 1. The number of hydrogen-bond acceptors (Lipinski definition) is 6. The fourth-order valence-electron chi connectivity index (χ4n) is 1.63. The number of rotatable bonds is 7. The molecule has 2 rings (SSSR count). The van der Waals surface area contributed by atoms with E-state index in [2.05, 4.69) is 15.5 Å². The molecular weight excluding hydrogens is 282 g/mol. The maximum atomic E-state index is 5.27. The third-order valence-electron chi connectivity index (χ3n) is 2.58. The van der Waals surface area contributed by atoms with Crippen LogP contribution in [0.2, 0.25) is 0 Å². The zero-order valence-electron chi connectivity index (χ0n) is 11.5. The number of halogens is 1. The van der Waals surface area contributed by atoms with E-state index >= 15 is 0 Å². The van der Waals surface area contributed by atoms with Gasteiger partial charge >= 0.3 is 0 Å². The first-order valence-corrected chi connectivity index (χ1v) is 6.00. The van der Waals surface area contributed by atoms with E-state index in [1.54, 1.807) is 14.2 Å². The lowest BCUT2D eigenvalue weighted by molar-refractivity contribution is 0.197. The van der Waals surface area contributed by atoms with Crippen molar-refractivity contribution in [3.8, 4) is 17.1 Å². The summed E-state index contributed by atoms with van der Waals surface area (Å²) in [6.07, 6.45) is 0. The average Bonchev–Trinajstić information content (AvgIpc) is 2.92. The van der Waals surface area contributed by atoms with Crippen molar-refractivity contribution in [1.82, 2.24) is 15.5 Å². The number of aromatic nitrogens is 2. The largest absolute Gasteiger partial charge is 0.496 e. The summed E-state index contributed by atoms with van der Waals surface area (Å²) in [6.45, 7) is 1.90. The molecule has 110 valence electrons. The summed E-state index contributed by atoms with van der Waals surface area (Å²) in [4.78, 5) is 4.33. The lowest BCUT2D eigenvalue weighted by Gasteiger charge is -2.03. The van der Waals surface area contributed by atoms with E-state index in [0.717, 1.165) is 17.9 Å². The number of ether oxygens (including phenoxy) is 2. The zero-order valence-corrected chi connectivity index (χ0v) is 12.3. The lowest BCUT2D eigenvalue weighted by Crippen LogP contribution is -2.18. The van der Waals surface area contributed by atoms with E-state index in [1.807, 2.05) is 24.3 Å². The predicted molar refractivity (Wildman–Crippen MR) is 77.1 cm³/mol. The molecule has 0 fully saturated rings. The van der Waals surface area contributed by atoms with Crippen LogP contribution in [-0.4, -0.2) is 37.5 Å². The fourth-order valence-corrected chi connectivity index (χ4v) is 1.63. The molecule has 0 radical (unpaired) electrons. The summed E-state index contributed by atoms with van der Waals surface area (Å²) in [7, 11) is 3.28. The predicted octanol–water partition coefficient (Wildman–Crippen LogP) is 1.90. The Balaban J connectivity index is 0.00000200. The van der Waals surface area contributed by atoms with E-state index in [9.17, 15) is 0 Å². The van der Waals surface area contributed by atoms with Crippen molar-refractivity contribution < 1.29 is 14.0 Å². The molecule has 0 aliphatic rings. The van der Waals surface area contributed by atoms with Gasteiger partial charge in [0.1, 0.15) is 5.75 Å². The SMILES string of the molecule is COCCNCc1nc(-c2ccccc2OC)no1.Cl. The fraction of sp³-hybridized carbons (Fsp3) is 0.385. The number of nitrogens with zero attached hydrogens (tertiary/aromatic N) is 2. The molecule has 0 aliphatic heterocycles. The highest BCUT2D eigenvalue weighted by atomic mass is 35.5. The third-order valence-corrected chi connectivity index (χ3v) is 2.58. The standard InChI is InChI=1S/C13H17N3O3.ClH/c1-17-8-7-14-9-12-15-13(16-19-12)10-5-3-4-6-11(10)18-2;/h3-6,14H,7-9H2,1-2H3;1H. The number of nitrogens with one attached hydrogen (secondary N) is 1. The van der Waals surface area contributed by atoms with Gasteiger partial charge in [0.2, 0.25) is 11.7 Å². The summed E-state index contributed by atoms with van der Waals surface area (Å²) in [5, 5.41) is 7.10. The van der Waals surface area contributed by atoms with E-state index in [-0.39, 0.29) is 12.4 Å². The van der Waals surface area contributed by atoms with Gasteiger partial charge in [-0.15, -0.1) is 12.4 Å². The molecule has 0 aliphatic carbocycles. The van der Waals surface area contributed by atoms with Crippen molar-refractivity contribution in [3.05, 3.63) is 30.2 Å². The highest BCUT2D eigenvalue weighted by Crippen LogP contribution is 2.26. The number of benzene rings is 1. The number of methoxy groups -OCH3 is 2. The molecule has 0 saturated carbocycles. The van der Waals surface area contributed by atoms with Gasteiger partial charge in [0.25, 0.3) is 0 Å². The third kappa shape index (κ3) is 4.19. The highest BCUT2D eigenvalue weighted by Gasteiger charge is 2.12. The van der Waals surface area contributed by atoms with Crippen LogP contribution in [0.15, 0.2) is 28.8 Å². The minimum atomic E-state index is 0. The Morgan fingerprint density at radius 3 is 2.80 bits per heavy atom. The first kappa shape index (κ1) is 16.4. The molecule has 0 atom stereocenters. The Labute approximate surface area is 123 Å². The van der Waals surface area contributed by atoms with E-state index in [4.69, 9.17) is 14.0 Å². The van der Waals surface area contributed by atoms with Crippen molar-refractivity contribution >= 4 is 12.4 Å². The maximum Gasteiger partial charge on any atom is 0.240 e. The summed E-state index contributed by atoms with van der Waals surface area (Å²) in [5.41, 5.74) is 0.817. The Morgan fingerprint density at radius 1 is 1.25 bits per heavy atom. The van der Waals surface area contributed by atoms with Crippen molar-refractivity contribution in [2.75, 3.05) is 27.4 Å². The molecule has 1 aromatic carbocycles. The molecule has 20 heavy (non-hydrogen) atoms. The first-order valence-electron chi connectivity index (χ1n) is 6.00. The van der Waals surface area contributed by atoms with Crippen LogP contribution in [0.25, 0.3) is 11.4 Å². The van der Waals surface area contributed by atoms with Crippen molar-refractivity contribution in [1.29, 1.82) is 0 Å². The highest BCUT2D eigenvalue weighted by molar-refractivity contribution is 5.85. The molecule has 0 bridgehead atoms. The average molecular weight is 300 g/mol. The van der Waals surface area contributed by atoms with Crippen LogP contribution in [0.5, 0.6) is 5.75 Å². The summed E-state index contributed by atoms with van der Waals surface area (Å²) < 4.78 is 15.4. The second-order valence-corrected chi connectivity index (χ2v) is 3.88. The quantitative estimate of drug-likeness (QED) is 0.788. The topological polar surface area (TPSA) is 69.4 Å². The normalized spacial score (nSPS) is 10.1. The van der Waals surface area contributed by atoms with E-state index < -0.39 is 0 Å². The van der Waals surface area contributed by atoms with Gasteiger partial charge in [-0.05, 0) is 12.1 Å². The number of hydrogen-bond donors (Lipinski definition) is 1. The van der Waals surface area contributed by atoms with E-state index in [1.165, 1.54) is 0 Å². The van der Waals surface area contributed by atoms with Gasteiger partial charge in [0.15, 0.2) is 0 Å². The molecule has 1 N–H and O–H groups in total. The molecule has 0 saturated heterocycles. The van der Waals surface area contributed by atoms with Crippen LogP contribution >= 0.6 is 12.4 Å². The van der Waals surface area contributed by atoms with Crippen LogP contribution in [0.1, 0.15) is 5.89 Å². The van der Waals surface area contributed by atoms with Crippen LogP contribution in [-0.2, 0) is 11.3 Å². The van der Waals surface area contributed by atoms with Crippen LogP contribution in [0.3, 0.4) is 0 Å². The molecule has 1 heterocycles. The second kappa shape index (κ2) is 8.52. The minimum absolute atomic E-state index is 0. The van der Waals surface area contributed by atoms with Gasteiger partial charge in [0.05, 0.1) is 25.8 Å². The second-order valence-electron chi connectivity index (χ2n) is 3.88. The van der Waals surface area contributed by atoms with Gasteiger partial charge in [0, 0.05) is 13.7 Å². The van der Waals surface area contributed by atoms with Crippen LogP contribution in [0, 0.1) is 0 Å². The van der Waals surface area contributed by atoms with Gasteiger partial charge < -0.3 is 19.3 Å². The van der Waals surface area contributed by atoms with Crippen LogP contribution in [0.4, 0.5) is 0 Å². The van der Waals surface area contributed by atoms with Gasteiger partial charge in [-0.2, -0.15) is 4.98 Å². The Kier molecular flexibility index (Phi) is 7.00. The Morgan fingerprint density at radius 2 is 2.05 bits per heavy atom. The summed E-state index contributed by atoms with van der Waals surface area (Å²) in [6, 6.07) is 7.56. The van der Waals surface area contributed by atoms with Gasteiger partial charge in [-0.1, -0.05) is 17.3 Å². The molecular formula is C13H18ClN3O3. The van der Waals surface area contributed by atoms with E-state index in [0.29, 0.717) is 24.9 Å². The monoisotopic (exact) mass is 299 g/mol. The molecule has 0 unspecified atom stereocenters. The maximum absolute atomic E-state index is 5.27. The van der Waals surface area contributed by atoms with Gasteiger partial charge in [-0.3, -0.25) is 0 Å². The van der Waals surface area contributed by atoms with Crippen LogP contribution < -0.4 is 10.1 Å². The Bertz CT molecular complexity index is 519. The van der Waals surface area contributed by atoms with Crippen molar-refractivity contribution in [2.45, 2.75) is 6.54 Å². The minimum Gasteiger partial charge on any atom is -0.496 e. The molecule has 2 aromatic rings. The van der Waals surface area contributed by atoms with Gasteiger partial charge in [-0.25, -0.2) is 0 Å². The smallest absolute Gasteiger partial charge is 0.240 e. The molecule has 0 amide bonds. The van der Waals surface area contributed by atoms with Crippen molar-refractivity contribution in [3.63, 3.8) is 0 Å². The molecule has 1 aromatic heterocycles. The first-order chi connectivity index (χ1) is 9.35. The van der Waals surface area contributed by atoms with Crippen molar-refractivity contribution in [2.24, 2.45) is 0 Å². The zero-order chi connectivity index (χ0) is 13.5. The Hall–Kier alpha value is -1.63. The molecule has 6 nitrogen and oxygen atoms in total.